The van der Waals surface area contributed by atoms with E-state index >= 15 is 0 Å². The van der Waals surface area contributed by atoms with E-state index in [1.807, 2.05) is 20.9 Å². The van der Waals surface area contributed by atoms with Gasteiger partial charge in [-0.25, -0.2) is 0 Å². The van der Waals surface area contributed by atoms with Gasteiger partial charge in [0, 0.05) is 20.0 Å². The van der Waals surface area contributed by atoms with Gasteiger partial charge < -0.3 is 10.2 Å². The van der Waals surface area contributed by atoms with Gasteiger partial charge in [-0.05, 0) is 38.0 Å². The van der Waals surface area contributed by atoms with E-state index in [2.05, 4.69) is 17.5 Å². The van der Waals surface area contributed by atoms with E-state index in [9.17, 15) is 9.59 Å². The van der Waals surface area contributed by atoms with Gasteiger partial charge in [-0.2, -0.15) is 0 Å². The highest BCUT2D eigenvalue weighted by atomic mass is 16.2. The number of nitrogens with zero attached hydrogens (tertiary/aromatic N) is 1. The molecule has 21 heavy (non-hydrogen) atoms. The molecule has 2 amide bonds. The summed E-state index contributed by atoms with van der Waals surface area (Å²) >= 11 is 0. The Morgan fingerprint density at radius 1 is 1.24 bits per heavy atom. The predicted octanol–water partition coefficient (Wildman–Crippen LogP) is 2.70. The number of allylic oxidation sites excluding steroid dienone is 2. The van der Waals surface area contributed by atoms with Crippen molar-refractivity contribution in [1.29, 1.82) is 0 Å². The molecule has 1 radical (unpaired) electrons. The van der Waals surface area contributed by atoms with Gasteiger partial charge >= 0.3 is 0 Å². The van der Waals surface area contributed by atoms with Crippen molar-refractivity contribution in [3.8, 4) is 0 Å². The van der Waals surface area contributed by atoms with Crippen LogP contribution >= 0.6 is 0 Å². The molecule has 0 aromatic rings. The number of hydrogen-bond donors (Lipinski definition) is 1. The maximum Gasteiger partial charge on any atom is 0.245 e. The lowest BCUT2D eigenvalue weighted by molar-refractivity contribution is -0.136. The van der Waals surface area contributed by atoms with Crippen LogP contribution in [0.25, 0.3) is 0 Å². The van der Waals surface area contributed by atoms with Gasteiger partial charge in [0.05, 0.1) is 0 Å². The quantitative estimate of drug-likeness (QED) is 0.796. The van der Waals surface area contributed by atoms with Gasteiger partial charge in [-0.15, -0.1) is 0 Å². The maximum absolute atomic E-state index is 12.5. The zero-order chi connectivity index (χ0) is 15.7. The lowest BCUT2D eigenvalue weighted by atomic mass is 9.97. The Labute approximate surface area is 129 Å². The third kappa shape index (κ3) is 6.32. The van der Waals surface area contributed by atoms with E-state index in [0.29, 0.717) is 0 Å². The SMILES string of the molecule is CC[C@H](C)C1NC(=O)[CH]CCC/C=C/CCCN(C)C1=O. The molecule has 0 spiro atoms. The summed E-state index contributed by atoms with van der Waals surface area (Å²) in [5.41, 5.74) is 0. The molecule has 0 fully saturated rings. The fraction of sp³-hybridized carbons (Fsp3) is 0.706. The van der Waals surface area contributed by atoms with Crippen LogP contribution in [0.1, 0.15) is 52.4 Å². The Kier molecular flexibility index (Phi) is 8.09. The van der Waals surface area contributed by atoms with Crippen molar-refractivity contribution in [3.63, 3.8) is 0 Å². The minimum Gasteiger partial charge on any atom is -0.344 e. The molecule has 0 aromatic carbocycles. The van der Waals surface area contributed by atoms with Gasteiger partial charge in [0.2, 0.25) is 11.8 Å². The maximum atomic E-state index is 12.5. The summed E-state index contributed by atoms with van der Waals surface area (Å²) in [6, 6.07) is -0.415. The second kappa shape index (κ2) is 9.59. The number of likely N-dealkylation sites (N-methyl/N-ethyl adjacent to an activating group) is 1. The highest BCUT2D eigenvalue weighted by molar-refractivity contribution is 5.91. The number of nitrogens with one attached hydrogen (secondary N) is 1. The van der Waals surface area contributed by atoms with E-state index in [0.717, 1.165) is 45.1 Å². The predicted molar refractivity (Wildman–Crippen MR) is 85.5 cm³/mol. The van der Waals surface area contributed by atoms with E-state index in [1.165, 1.54) is 0 Å². The molecule has 1 N–H and O–H groups in total. The molecule has 1 rings (SSSR count). The molecular formula is C17H29N2O2. The van der Waals surface area contributed by atoms with Crippen molar-refractivity contribution in [2.75, 3.05) is 13.6 Å². The highest BCUT2D eigenvalue weighted by Gasteiger charge is 2.28. The third-order valence-corrected chi connectivity index (χ3v) is 4.09. The molecule has 4 heteroatoms. The van der Waals surface area contributed by atoms with Crippen LogP contribution in [0.15, 0.2) is 12.2 Å². The van der Waals surface area contributed by atoms with Gasteiger partial charge in [0.1, 0.15) is 6.04 Å². The molecule has 0 saturated carbocycles. The van der Waals surface area contributed by atoms with Crippen LogP contribution in [0, 0.1) is 12.3 Å². The number of carbonyl (C=O) groups is 2. The van der Waals surface area contributed by atoms with Crippen molar-refractivity contribution in [2.24, 2.45) is 5.92 Å². The van der Waals surface area contributed by atoms with Gasteiger partial charge in [-0.3, -0.25) is 9.59 Å². The summed E-state index contributed by atoms with van der Waals surface area (Å²) < 4.78 is 0. The minimum atomic E-state index is -0.415. The fourth-order valence-corrected chi connectivity index (χ4v) is 2.39. The number of amides is 2. The van der Waals surface area contributed by atoms with Crippen molar-refractivity contribution >= 4 is 11.8 Å². The lowest BCUT2D eigenvalue weighted by Crippen LogP contribution is -2.51. The Hall–Kier alpha value is -1.32. The Morgan fingerprint density at radius 2 is 1.90 bits per heavy atom. The van der Waals surface area contributed by atoms with E-state index in [-0.39, 0.29) is 17.7 Å². The average Bonchev–Trinajstić information content (AvgIpc) is 2.48. The molecule has 4 nitrogen and oxygen atoms in total. The van der Waals surface area contributed by atoms with E-state index in [1.54, 1.807) is 11.3 Å². The van der Waals surface area contributed by atoms with Crippen LogP contribution in [0.4, 0.5) is 0 Å². The lowest BCUT2D eigenvalue weighted by Gasteiger charge is -2.28. The molecule has 1 heterocycles. The molecule has 0 aliphatic carbocycles. The van der Waals surface area contributed by atoms with Crippen LogP contribution in [0.5, 0.6) is 0 Å². The Bertz CT molecular complexity index is 366. The smallest absolute Gasteiger partial charge is 0.245 e. The molecule has 0 aromatic heterocycles. The zero-order valence-corrected chi connectivity index (χ0v) is 13.6. The van der Waals surface area contributed by atoms with Crippen molar-refractivity contribution in [2.45, 2.75) is 58.4 Å². The second-order valence-corrected chi connectivity index (χ2v) is 5.88. The molecule has 2 atom stereocenters. The van der Waals surface area contributed by atoms with Crippen molar-refractivity contribution < 1.29 is 9.59 Å². The summed E-state index contributed by atoms with van der Waals surface area (Å²) in [6.45, 7) is 4.79. The van der Waals surface area contributed by atoms with Gasteiger partial charge in [0.15, 0.2) is 0 Å². The van der Waals surface area contributed by atoms with E-state index < -0.39 is 6.04 Å². The normalized spacial score (nSPS) is 25.9. The zero-order valence-electron chi connectivity index (χ0n) is 13.6. The first-order valence-corrected chi connectivity index (χ1v) is 8.10. The summed E-state index contributed by atoms with van der Waals surface area (Å²) in [5, 5.41) is 2.90. The molecule has 0 bridgehead atoms. The third-order valence-electron chi connectivity index (χ3n) is 4.09. The Morgan fingerprint density at radius 3 is 2.57 bits per heavy atom. The van der Waals surface area contributed by atoms with Crippen LogP contribution < -0.4 is 5.32 Å². The first-order chi connectivity index (χ1) is 10.1. The standard InChI is InChI=1S/C17H29N2O2/c1-4-14(2)16-17(21)19(3)13-11-9-7-5-6-8-10-12-15(20)18-16/h5,7,12,14,16H,4,6,8-11,13H2,1-3H3,(H,18,20)/b7-5+/t14-,16?/m0/s1. The van der Waals surface area contributed by atoms with Crippen LogP contribution in [-0.4, -0.2) is 36.3 Å². The average molecular weight is 293 g/mol. The number of carbonyl (C=O) groups excluding carboxylic acids is 2. The minimum absolute atomic E-state index is 0.0205. The van der Waals surface area contributed by atoms with Gasteiger partial charge in [0.25, 0.3) is 0 Å². The monoisotopic (exact) mass is 293 g/mol. The summed E-state index contributed by atoms with van der Waals surface area (Å²) in [5.74, 6) is 0.0420. The topological polar surface area (TPSA) is 49.4 Å². The van der Waals surface area contributed by atoms with Crippen molar-refractivity contribution in [1.82, 2.24) is 10.2 Å². The highest BCUT2D eigenvalue weighted by Crippen LogP contribution is 2.12. The molecule has 1 aliphatic rings. The van der Waals surface area contributed by atoms with Crippen LogP contribution in [-0.2, 0) is 9.59 Å². The van der Waals surface area contributed by atoms with E-state index in [4.69, 9.17) is 0 Å². The van der Waals surface area contributed by atoms with Crippen LogP contribution in [0.3, 0.4) is 0 Å². The second-order valence-electron chi connectivity index (χ2n) is 5.88. The molecule has 1 aliphatic heterocycles. The summed E-state index contributed by atoms with van der Waals surface area (Å²) in [7, 11) is 1.82. The largest absolute Gasteiger partial charge is 0.344 e. The molecule has 119 valence electrons. The van der Waals surface area contributed by atoms with Crippen molar-refractivity contribution in [3.05, 3.63) is 18.6 Å². The Balaban J connectivity index is 2.76. The number of hydrogen-bond acceptors (Lipinski definition) is 2. The molecular weight excluding hydrogens is 264 g/mol. The fourth-order valence-electron chi connectivity index (χ4n) is 2.39. The van der Waals surface area contributed by atoms with Gasteiger partial charge in [-0.1, -0.05) is 32.4 Å². The molecule has 1 unspecified atom stereocenters. The molecule has 0 saturated heterocycles. The summed E-state index contributed by atoms with van der Waals surface area (Å²) in [6.07, 6.45) is 11.6. The number of rotatable bonds is 2. The first kappa shape index (κ1) is 17.7. The summed E-state index contributed by atoms with van der Waals surface area (Å²) in [4.78, 5) is 26.3. The van der Waals surface area contributed by atoms with Crippen LogP contribution in [0.2, 0.25) is 0 Å². The first-order valence-electron chi connectivity index (χ1n) is 8.10.